The second-order valence-electron chi connectivity index (χ2n) is 3.89. The number of hydrogen-bond donors (Lipinski definition) is 1. The number of rotatable bonds is 1. The number of benzene rings is 1. The highest BCUT2D eigenvalue weighted by Gasteiger charge is 2.13. The predicted octanol–water partition coefficient (Wildman–Crippen LogP) is 3.57. The van der Waals surface area contributed by atoms with Gasteiger partial charge in [0.25, 0.3) is 0 Å². The SMILES string of the molecule is Cc1oc2c(C(C)C)cccc2c1O. The molecule has 0 atom stereocenters. The highest BCUT2D eigenvalue weighted by molar-refractivity contribution is 5.87. The molecule has 0 saturated heterocycles. The summed E-state index contributed by atoms with van der Waals surface area (Å²) >= 11 is 0. The molecule has 0 aliphatic rings. The van der Waals surface area contributed by atoms with Crippen LogP contribution in [0.25, 0.3) is 11.0 Å². The molecule has 0 amide bonds. The van der Waals surface area contributed by atoms with E-state index in [0.29, 0.717) is 11.7 Å². The zero-order chi connectivity index (χ0) is 10.3. The fraction of sp³-hybridized carbons (Fsp3) is 0.333. The first-order valence-corrected chi connectivity index (χ1v) is 4.82. The molecule has 0 fully saturated rings. The largest absolute Gasteiger partial charge is 0.504 e. The van der Waals surface area contributed by atoms with E-state index in [1.54, 1.807) is 6.92 Å². The Labute approximate surface area is 83.2 Å². The van der Waals surface area contributed by atoms with Crippen LogP contribution >= 0.6 is 0 Å². The minimum absolute atomic E-state index is 0.266. The minimum atomic E-state index is 0.266. The van der Waals surface area contributed by atoms with Gasteiger partial charge in [-0.05, 0) is 24.5 Å². The Kier molecular flexibility index (Phi) is 1.99. The summed E-state index contributed by atoms with van der Waals surface area (Å²) in [6.45, 7) is 6.01. The van der Waals surface area contributed by atoms with Crippen LogP contribution in [0.5, 0.6) is 5.75 Å². The molecule has 1 N–H and O–H groups in total. The van der Waals surface area contributed by atoms with Crippen molar-refractivity contribution >= 4 is 11.0 Å². The maximum absolute atomic E-state index is 9.71. The highest BCUT2D eigenvalue weighted by atomic mass is 16.4. The molecule has 14 heavy (non-hydrogen) atoms. The van der Waals surface area contributed by atoms with E-state index in [9.17, 15) is 5.11 Å². The van der Waals surface area contributed by atoms with Gasteiger partial charge in [0.2, 0.25) is 0 Å². The lowest BCUT2D eigenvalue weighted by atomic mass is 10.0. The Morgan fingerprint density at radius 3 is 2.64 bits per heavy atom. The van der Waals surface area contributed by atoms with Crippen molar-refractivity contribution in [1.29, 1.82) is 0 Å². The summed E-state index contributed by atoms with van der Waals surface area (Å²) in [5.74, 6) is 1.26. The molecule has 1 heterocycles. The number of fused-ring (bicyclic) bond motifs is 1. The molecule has 2 rings (SSSR count). The summed E-state index contributed by atoms with van der Waals surface area (Å²) < 4.78 is 5.54. The molecule has 0 bridgehead atoms. The second kappa shape index (κ2) is 3.05. The van der Waals surface area contributed by atoms with Crippen LogP contribution in [0, 0.1) is 6.92 Å². The molecule has 1 aromatic heterocycles. The molecule has 0 unspecified atom stereocenters. The van der Waals surface area contributed by atoms with Gasteiger partial charge in [0.1, 0.15) is 11.3 Å². The summed E-state index contributed by atoms with van der Waals surface area (Å²) in [6, 6.07) is 5.87. The van der Waals surface area contributed by atoms with E-state index in [1.165, 1.54) is 0 Å². The zero-order valence-corrected chi connectivity index (χ0v) is 8.66. The molecule has 0 spiro atoms. The normalized spacial score (nSPS) is 11.4. The fourth-order valence-electron chi connectivity index (χ4n) is 1.70. The first-order chi connectivity index (χ1) is 6.61. The maximum atomic E-state index is 9.71. The lowest BCUT2D eigenvalue weighted by molar-refractivity contribution is 0.451. The van der Waals surface area contributed by atoms with Gasteiger partial charge in [0.05, 0.1) is 5.39 Å². The smallest absolute Gasteiger partial charge is 0.164 e. The van der Waals surface area contributed by atoms with E-state index in [4.69, 9.17) is 4.42 Å². The summed E-state index contributed by atoms with van der Waals surface area (Å²) in [5, 5.41) is 10.5. The van der Waals surface area contributed by atoms with Crippen LogP contribution in [0.15, 0.2) is 22.6 Å². The van der Waals surface area contributed by atoms with E-state index in [0.717, 1.165) is 16.5 Å². The molecule has 74 valence electrons. The van der Waals surface area contributed by atoms with E-state index in [1.807, 2.05) is 18.2 Å². The molecular formula is C12H14O2. The third-order valence-corrected chi connectivity index (χ3v) is 2.51. The molecule has 2 nitrogen and oxygen atoms in total. The monoisotopic (exact) mass is 190 g/mol. The van der Waals surface area contributed by atoms with Crippen LogP contribution in [0.1, 0.15) is 31.1 Å². The van der Waals surface area contributed by atoms with Gasteiger partial charge < -0.3 is 9.52 Å². The van der Waals surface area contributed by atoms with E-state index >= 15 is 0 Å². The summed E-state index contributed by atoms with van der Waals surface area (Å²) in [4.78, 5) is 0. The van der Waals surface area contributed by atoms with Gasteiger partial charge in [-0.25, -0.2) is 0 Å². The topological polar surface area (TPSA) is 33.4 Å². The quantitative estimate of drug-likeness (QED) is 0.745. The van der Waals surface area contributed by atoms with Crippen molar-refractivity contribution in [1.82, 2.24) is 0 Å². The Balaban J connectivity index is 2.81. The lowest BCUT2D eigenvalue weighted by Gasteiger charge is -2.04. The van der Waals surface area contributed by atoms with E-state index in [2.05, 4.69) is 13.8 Å². The van der Waals surface area contributed by atoms with Crippen LogP contribution in [-0.4, -0.2) is 5.11 Å². The Morgan fingerprint density at radius 2 is 2.00 bits per heavy atom. The van der Waals surface area contributed by atoms with Gasteiger partial charge in [-0.1, -0.05) is 26.0 Å². The predicted molar refractivity (Wildman–Crippen MR) is 56.7 cm³/mol. The van der Waals surface area contributed by atoms with Crippen molar-refractivity contribution in [2.75, 3.05) is 0 Å². The fourth-order valence-corrected chi connectivity index (χ4v) is 1.70. The van der Waals surface area contributed by atoms with E-state index < -0.39 is 0 Å². The first-order valence-electron chi connectivity index (χ1n) is 4.82. The van der Waals surface area contributed by atoms with E-state index in [-0.39, 0.29) is 5.75 Å². The average molecular weight is 190 g/mol. The van der Waals surface area contributed by atoms with Gasteiger partial charge in [-0.2, -0.15) is 0 Å². The molecule has 0 saturated carbocycles. The average Bonchev–Trinajstić information content (AvgIpc) is 2.43. The van der Waals surface area contributed by atoms with Gasteiger partial charge in [-0.15, -0.1) is 0 Å². The zero-order valence-electron chi connectivity index (χ0n) is 8.66. The Bertz CT molecular complexity index is 466. The van der Waals surface area contributed by atoms with Crippen LogP contribution < -0.4 is 0 Å². The summed E-state index contributed by atoms with van der Waals surface area (Å²) in [7, 11) is 0. The number of hydrogen-bond acceptors (Lipinski definition) is 2. The maximum Gasteiger partial charge on any atom is 0.164 e. The van der Waals surface area contributed by atoms with Crippen LogP contribution in [-0.2, 0) is 0 Å². The molecule has 1 aromatic carbocycles. The summed E-state index contributed by atoms with van der Waals surface area (Å²) in [5.41, 5.74) is 1.96. The van der Waals surface area contributed by atoms with Crippen LogP contribution in [0.2, 0.25) is 0 Å². The summed E-state index contributed by atoms with van der Waals surface area (Å²) in [6.07, 6.45) is 0. The van der Waals surface area contributed by atoms with Crippen LogP contribution in [0.3, 0.4) is 0 Å². The molecule has 2 aromatic rings. The second-order valence-corrected chi connectivity index (χ2v) is 3.89. The lowest BCUT2D eigenvalue weighted by Crippen LogP contribution is -1.86. The highest BCUT2D eigenvalue weighted by Crippen LogP contribution is 2.35. The van der Waals surface area contributed by atoms with Gasteiger partial charge in [-0.3, -0.25) is 0 Å². The Morgan fingerprint density at radius 1 is 1.29 bits per heavy atom. The van der Waals surface area contributed by atoms with Crippen molar-refractivity contribution in [3.8, 4) is 5.75 Å². The van der Waals surface area contributed by atoms with Crippen molar-refractivity contribution in [2.24, 2.45) is 0 Å². The molecular weight excluding hydrogens is 176 g/mol. The Hall–Kier alpha value is -1.44. The number of aryl methyl sites for hydroxylation is 1. The molecule has 0 aliphatic carbocycles. The number of furan rings is 1. The van der Waals surface area contributed by atoms with Crippen molar-refractivity contribution in [2.45, 2.75) is 26.7 Å². The van der Waals surface area contributed by atoms with Gasteiger partial charge in [0.15, 0.2) is 5.75 Å². The number of aromatic hydroxyl groups is 1. The standard InChI is InChI=1S/C12H14O2/c1-7(2)9-5-4-6-10-11(13)8(3)14-12(9)10/h4-7,13H,1-3H3. The van der Waals surface area contributed by atoms with Gasteiger partial charge >= 0.3 is 0 Å². The first kappa shape index (κ1) is 9.13. The molecule has 0 aliphatic heterocycles. The van der Waals surface area contributed by atoms with Crippen molar-refractivity contribution in [3.63, 3.8) is 0 Å². The third-order valence-electron chi connectivity index (χ3n) is 2.51. The van der Waals surface area contributed by atoms with Gasteiger partial charge in [0, 0.05) is 0 Å². The molecule has 2 heteroatoms. The van der Waals surface area contributed by atoms with Crippen molar-refractivity contribution in [3.05, 3.63) is 29.5 Å². The third kappa shape index (κ3) is 1.18. The molecule has 0 radical (unpaired) electrons. The van der Waals surface area contributed by atoms with Crippen molar-refractivity contribution < 1.29 is 9.52 Å². The minimum Gasteiger partial charge on any atom is -0.504 e. The van der Waals surface area contributed by atoms with Crippen LogP contribution in [0.4, 0.5) is 0 Å². The number of para-hydroxylation sites is 1.